The van der Waals surface area contributed by atoms with Gasteiger partial charge in [0, 0.05) is 12.6 Å². The molecular formula is C13H17NO4S. The summed E-state index contributed by atoms with van der Waals surface area (Å²) in [7, 11) is -3.60. The van der Waals surface area contributed by atoms with Crippen LogP contribution in [0.3, 0.4) is 0 Å². The molecule has 1 aromatic rings. The lowest BCUT2D eigenvalue weighted by molar-refractivity contribution is -0.142. The third kappa shape index (κ3) is 2.50. The number of sulfonamides is 1. The van der Waals surface area contributed by atoms with Gasteiger partial charge < -0.3 is 5.11 Å². The van der Waals surface area contributed by atoms with Crippen LogP contribution in [0.4, 0.5) is 0 Å². The second-order valence-corrected chi connectivity index (χ2v) is 6.79. The van der Waals surface area contributed by atoms with Crippen molar-refractivity contribution in [1.29, 1.82) is 0 Å². The molecule has 0 saturated carbocycles. The molecule has 1 saturated heterocycles. The normalized spacial score (nSPS) is 24.5. The summed E-state index contributed by atoms with van der Waals surface area (Å²) in [6.45, 7) is 3.79. The van der Waals surface area contributed by atoms with Gasteiger partial charge in [-0.15, -0.1) is 0 Å². The van der Waals surface area contributed by atoms with Crippen LogP contribution >= 0.6 is 0 Å². The lowest BCUT2D eigenvalue weighted by atomic mass is 10.0. The molecule has 1 fully saturated rings. The van der Waals surface area contributed by atoms with Crippen molar-refractivity contribution >= 4 is 16.0 Å². The summed E-state index contributed by atoms with van der Waals surface area (Å²) < 4.78 is 26.2. The van der Waals surface area contributed by atoms with E-state index in [0.717, 1.165) is 5.56 Å². The topological polar surface area (TPSA) is 74.7 Å². The number of carboxylic acids is 1. The number of rotatable bonds is 3. The zero-order chi connectivity index (χ0) is 14.2. The highest BCUT2D eigenvalue weighted by molar-refractivity contribution is 7.89. The van der Waals surface area contributed by atoms with E-state index < -0.39 is 28.0 Å². The minimum atomic E-state index is -3.60. The lowest BCUT2D eigenvalue weighted by Crippen LogP contribution is -2.37. The van der Waals surface area contributed by atoms with E-state index in [1.165, 1.54) is 4.31 Å². The third-order valence-corrected chi connectivity index (χ3v) is 5.64. The van der Waals surface area contributed by atoms with Crippen molar-refractivity contribution in [2.45, 2.75) is 31.2 Å². The van der Waals surface area contributed by atoms with Crippen LogP contribution in [0.25, 0.3) is 0 Å². The Labute approximate surface area is 112 Å². The van der Waals surface area contributed by atoms with Gasteiger partial charge in [0.1, 0.15) is 0 Å². The van der Waals surface area contributed by atoms with E-state index in [9.17, 15) is 13.2 Å². The minimum Gasteiger partial charge on any atom is -0.481 e. The highest BCUT2D eigenvalue weighted by atomic mass is 32.2. The molecule has 2 atom stereocenters. The average molecular weight is 283 g/mol. The molecule has 1 heterocycles. The van der Waals surface area contributed by atoms with Crippen LogP contribution in [0.2, 0.25) is 0 Å². The van der Waals surface area contributed by atoms with Crippen molar-refractivity contribution in [3.05, 3.63) is 29.8 Å². The molecule has 1 aliphatic rings. The van der Waals surface area contributed by atoms with Crippen LogP contribution in [0.15, 0.2) is 29.2 Å². The van der Waals surface area contributed by atoms with Gasteiger partial charge in [-0.1, -0.05) is 17.7 Å². The van der Waals surface area contributed by atoms with Crippen LogP contribution in [0.5, 0.6) is 0 Å². The molecule has 5 nitrogen and oxygen atoms in total. The molecule has 1 aromatic carbocycles. The van der Waals surface area contributed by atoms with Crippen molar-refractivity contribution in [2.24, 2.45) is 5.92 Å². The maximum atomic E-state index is 12.5. The maximum absolute atomic E-state index is 12.5. The van der Waals surface area contributed by atoms with E-state index in [1.54, 1.807) is 31.2 Å². The first-order valence-corrected chi connectivity index (χ1v) is 7.59. The quantitative estimate of drug-likeness (QED) is 0.911. The standard InChI is InChI=1S/C13H17NO4S/c1-9-3-5-11(6-4-9)19(17,18)14-8-7-12(10(14)2)13(15)16/h3-6,10,12H,7-8H2,1-2H3,(H,15,16). The predicted molar refractivity (Wildman–Crippen MR) is 70.3 cm³/mol. The van der Waals surface area contributed by atoms with E-state index in [2.05, 4.69) is 0 Å². The van der Waals surface area contributed by atoms with E-state index in [1.807, 2.05) is 6.92 Å². The fourth-order valence-electron chi connectivity index (χ4n) is 2.43. The van der Waals surface area contributed by atoms with Gasteiger partial charge in [-0.25, -0.2) is 8.42 Å². The Hall–Kier alpha value is -1.40. The number of hydrogen-bond acceptors (Lipinski definition) is 3. The molecule has 0 amide bonds. The summed E-state index contributed by atoms with van der Waals surface area (Å²) in [5.41, 5.74) is 0.983. The fourth-order valence-corrected chi connectivity index (χ4v) is 4.11. The predicted octanol–water partition coefficient (Wildman–Crippen LogP) is 1.48. The molecule has 1 N–H and O–H groups in total. The SMILES string of the molecule is Cc1ccc(S(=O)(=O)N2CCC(C(=O)O)C2C)cc1. The number of carboxylic acid groups (broad SMARTS) is 1. The molecular weight excluding hydrogens is 266 g/mol. The minimum absolute atomic E-state index is 0.219. The summed E-state index contributed by atoms with van der Waals surface area (Å²) in [6, 6.07) is 6.09. The Kier molecular flexibility index (Phi) is 3.64. The van der Waals surface area contributed by atoms with Crippen molar-refractivity contribution < 1.29 is 18.3 Å². The summed E-state index contributed by atoms with van der Waals surface area (Å²) in [5.74, 6) is -1.56. The van der Waals surface area contributed by atoms with Gasteiger partial charge in [-0.3, -0.25) is 4.79 Å². The smallest absolute Gasteiger partial charge is 0.308 e. The molecule has 19 heavy (non-hydrogen) atoms. The largest absolute Gasteiger partial charge is 0.481 e. The van der Waals surface area contributed by atoms with Crippen molar-refractivity contribution in [1.82, 2.24) is 4.31 Å². The first-order valence-electron chi connectivity index (χ1n) is 6.15. The lowest BCUT2D eigenvalue weighted by Gasteiger charge is -2.22. The molecule has 2 rings (SSSR count). The monoisotopic (exact) mass is 283 g/mol. The number of aryl methyl sites for hydroxylation is 1. The average Bonchev–Trinajstić information content (AvgIpc) is 2.72. The van der Waals surface area contributed by atoms with E-state index in [4.69, 9.17) is 5.11 Å². The summed E-state index contributed by atoms with van der Waals surface area (Å²) in [4.78, 5) is 11.3. The Morgan fingerprint density at radius 1 is 1.32 bits per heavy atom. The van der Waals surface area contributed by atoms with Gasteiger partial charge in [0.15, 0.2) is 0 Å². The Morgan fingerprint density at radius 2 is 1.89 bits per heavy atom. The van der Waals surface area contributed by atoms with E-state index in [-0.39, 0.29) is 11.4 Å². The van der Waals surface area contributed by atoms with Crippen LogP contribution in [0, 0.1) is 12.8 Å². The van der Waals surface area contributed by atoms with Gasteiger partial charge >= 0.3 is 5.97 Å². The van der Waals surface area contributed by atoms with Gasteiger partial charge in [-0.2, -0.15) is 4.31 Å². The van der Waals surface area contributed by atoms with Gasteiger partial charge in [-0.05, 0) is 32.4 Å². The van der Waals surface area contributed by atoms with E-state index >= 15 is 0 Å². The molecule has 2 unspecified atom stereocenters. The fraction of sp³-hybridized carbons (Fsp3) is 0.462. The molecule has 0 spiro atoms. The summed E-state index contributed by atoms with van der Waals surface area (Å²) >= 11 is 0. The molecule has 0 aromatic heterocycles. The molecule has 104 valence electrons. The van der Waals surface area contributed by atoms with Gasteiger partial charge in [0.2, 0.25) is 10.0 Å². The summed E-state index contributed by atoms with van der Waals surface area (Å²) in [6.07, 6.45) is 0.363. The molecule has 6 heteroatoms. The molecule has 0 aliphatic carbocycles. The highest BCUT2D eigenvalue weighted by Gasteiger charge is 2.42. The Balaban J connectivity index is 2.31. The third-order valence-electron chi connectivity index (χ3n) is 3.64. The van der Waals surface area contributed by atoms with E-state index in [0.29, 0.717) is 6.42 Å². The highest BCUT2D eigenvalue weighted by Crippen LogP contribution is 2.30. The molecule has 0 radical (unpaired) electrons. The number of benzene rings is 1. The van der Waals surface area contributed by atoms with Crippen LogP contribution < -0.4 is 0 Å². The van der Waals surface area contributed by atoms with Crippen LogP contribution in [-0.2, 0) is 14.8 Å². The zero-order valence-electron chi connectivity index (χ0n) is 10.9. The number of nitrogens with zero attached hydrogens (tertiary/aromatic N) is 1. The van der Waals surface area contributed by atoms with Crippen molar-refractivity contribution in [3.63, 3.8) is 0 Å². The zero-order valence-corrected chi connectivity index (χ0v) is 11.7. The second kappa shape index (κ2) is 4.94. The van der Waals surface area contributed by atoms with Crippen LogP contribution in [0.1, 0.15) is 18.9 Å². The van der Waals surface area contributed by atoms with Crippen molar-refractivity contribution in [3.8, 4) is 0 Å². The Morgan fingerprint density at radius 3 is 2.37 bits per heavy atom. The molecule has 0 bridgehead atoms. The second-order valence-electron chi connectivity index (χ2n) is 4.90. The first-order chi connectivity index (χ1) is 8.84. The van der Waals surface area contributed by atoms with Crippen molar-refractivity contribution in [2.75, 3.05) is 6.54 Å². The van der Waals surface area contributed by atoms with Crippen LogP contribution in [-0.4, -0.2) is 36.4 Å². The number of aliphatic carboxylic acids is 1. The van der Waals surface area contributed by atoms with Gasteiger partial charge in [0.25, 0.3) is 0 Å². The Bertz CT molecular complexity index is 579. The molecule has 1 aliphatic heterocycles. The number of carbonyl (C=O) groups is 1. The number of hydrogen-bond donors (Lipinski definition) is 1. The van der Waals surface area contributed by atoms with Gasteiger partial charge in [0.05, 0.1) is 10.8 Å². The summed E-state index contributed by atoms with van der Waals surface area (Å²) in [5, 5.41) is 9.05. The first kappa shape index (κ1) is 14.0. The maximum Gasteiger partial charge on any atom is 0.308 e.